The molecule has 2 saturated heterocycles. The van der Waals surface area contributed by atoms with Gasteiger partial charge in [-0.05, 0) is 62.9 Å². The molecule has 13 nitrogen and oxygen atoms in total. The first-order valence-corrected chi connectivity index (χ1v) is 19.5. The molecule has 2 amide bonds. The maximum atomic E-state index is 14.2. The molecule has 55 heavy (non-hydrogen) atoms. The van der Waals surface area contributed by atoms with Gasteiger partial charge in [0.2, 0.25) is 11.8 Å². The number of nitrogens with one attached hydrogen (secondary N) is 2. The number of carboxylic acid groups (broad SMARTS) is 1. The van der Waals surface area contributed by atoms with Crippen LogP contribution in [0.2, 0.25) is 0 Å². The molecule has 4 rings (SSSR count). The van der Waals surface area contributed by atoms with E-state index < -0.39 is 60.1 Å². The fraction of sp³-hybridized carbons (Fsp3) is 0.658. The van der Waals surface area contributed by atoms with Crippen molar-refractivity contribution in [3.05, 3.63) is 51.5 Å². The number of carbonyl (C=O) groups excluding carboxylic acids is 3. The van der Waals surface area contributed by atoms with Crippen LogP contribution in [0.15, 0.2) is 29.6 Å². The number of hydrogen-bond acceptors (Lipinski definition) is 11. The Bertz CT molecular complexity index is 1600. The summed E-state index contributed by atoms with van der Waals surface area (Å²) in [5.74, 6) is -3.25. The van der Waals surface area contributed by atoms with Crippen molar-refractivity contribution in [2.24, 2.45) is 17.8 Å². The SMILES string of the molecule is CC(=O)O[C@H](C[C@H](C(C)C)N(C)C(=O)[C@@H](NC(=O)[C@H]1CCCCN1C)C1COC1)c1nc(C(O)N[C@@H](Cc2ccc(C(F)(F)F)cc2)C[C@H](C)C(=O)O)cs1. The van der Waals surface area contributed by atoms with E-state index in [-0.39, 0.29) is 54.6 Å². The van der Waals surface area contributed by atoms with Crippen molar-refractivity contribution < 1.29 is 52.0 Å². The first-order chi connectivity index (χ1) is 25.8. The molecule has 1 unspecified atom stereocenters. The third-order valence-corrected chi connectivity index (χ3v) is 11.4. The number of likely N-dealkylation sites (N-methyl/N-ethyl adjacent to an activating group) is 2. The molecule has 7 atom stereocenters. The first kappa shape index (κ1) is 44.1. The Labute approximate surface area is 323 Å². The second-order valence-electron chi connectivity index (χ2n) is 15.1. The average molecular weight is 798 g/mol. The standard InChI is InChI=1S/C38H54F3N5O8S/c1-21(2)30(46(6)36(50)32(25-18-53-19-25)44-34(49)29-9-7-8-14-45(29)5)17-31(54-23(4)47)35-43-28(20-55-35)33(48)42-27(15-22(3)37(51)52)16-24-10-12-26(13-11-24)38(39,40)41/h10-13,20-22,25,27,29-33,42,48H,7-9,14-19H2,1-6H3,(H,44,49)(H,51,52)/t22-,27+,29+,30+,31+,32-,33?/m0/s1. The number of amides is 2. The number of nitrogens with zero attached hydrogens (tertiary/aromatic N) is 3. The summed E-state index contributed by atoms with van der Waals surface area (Å²) in [5, 5.41) is 28.7. The zero-order valence-corrected chi connectivity index (χ0v) is 33.0. The van der Waals surface area contributed by atoms with Crippen molar-refractivity contribution >= 4 is 35.1 Å². The average Bonchev–Trinajstić information content (AvgIpc) is 3.58. The number of hydrogen-bond donors (Lipinski definition) is 4. The molecular weight excluding hydrogens is 744 g/mol. The molecule has 4 N–H and O–H groups in total. The van der Waals surface area contributed by atoms with E-state index in [1.165, 1.54) is 26.0 Å². The normalized spacial score (nSPS) is 20.1. The fourth-order valence-electron chi connectivity index (χ4n) is 7.10. The molecule has 0 bridgehead atoms. The van der Waals surface area contributed by atoms with Crippen LogP contribution in [-0.4, -0.2) is 107 Å². The number of piperidine rings is 1. The molecule has 0 aliphatic carbocycles. The van der Waals surface area contributed by atoms with E-state index in [9.17, 15) is 42.6 Å². The zero-order valence-electron chi connectivity index (χ0n) is 32.2. The summed E-state index contributed by atoms with van der Waals surface area (Å²) in [5.41, 5.74) is -0.131. The first-order valence-electron chi connectivity index (χ1n) is 18.7. The van der Waals surface area contributed by atoms with Crippen molar-refractivity contribution in [1.29, 1.82) is 0 Å². The number of aliphatic hydroxyl groups is 1. The smallest absolute Gasteiger partial charge is 0.416 e. The minimum absolute atomic E-state index is 0.0582. The van der Waals surface area contributed by atoms with Gasteiger partial charge in [0, 0.05) is 43.8 Å². The van der Waals surface area contributed by atoms with Crippen LogP contribution in [0.25, 0.3) is 0 Å². The summed E-state index contributed by atoms with van der Waals surface area (Å²) >= 11 is 1.13. The van der Waals surface area contributed by atoms with E-state index >= 15 is 0 Å². The number of carboxylic acids is 1. The number of carbonyl (C=O) groups is 4. The highest BCUT2D eigenvalue weighted by molar-refractivity contribution is 7.09. The van der Waals surface area contributed by atoms with Gasteiger partial charge in [-0.15, -0.1) is 11.3 Å². The Morgan fingerprint density at radius 1 is 1.11 bits per heavy atom. The summed E-state index contributed by atoms with van der Waals surface area (Å²) in [7, 11) is 3.57. The van der Waals surface area contributed by atoms with Crippen molar-refractivity contribution in [1.82, 2.24) is 25.4 Å². The Morgan fingerprint density at radius 3 is 2.33 bits per heavy atom. The van der Waals surface area contributed by atoms with Gasteiger partial charge in [-0.1, -0.05) is 39.3 Å². The highest BCUT2D eigenvalue weighted by Gasteiger charge is 2.41. The summed E-state index contributed by atoms with van der Waals surface area (Å²) in [6, 6.07) is 2.29. The quantitative estimate of drug-likeness (QED) is 0.123. The maximum Gasteiger partial charge on any atom is 0.416 e. The number of aliphatic hydroxyl groups excluding tert-OH is 1. The molecule has 306 valence electrons. The molecule has 0 spiro atoms. The molecule has 2 fully saturated rings. The number of benzene rings is 1. The molecule has 2 aliphatic rings. The van der Waals surface area contributed by atoms with Crippen molar-refractivity contribution in [2.75, 3.05) is 33.9 Å². The van der Waals surface area contributed by atoms with Crippen molar-refractivity contribution in [2.45, 2.75) is 109 Å². The number of ether oxygens (including phenoxy) is 2. The molecule has 1 aromatic heterocycles. The lowest BCUT2D eigenvalue weighted by atomic mass is 9.92. The second kappa shape index (κ2) is 19.5. The Balaban J connectivity index is 1.50. The fourth-order valence-corrected chi connectivity index (χ4v) is 7.98. The number of rotatable bonds is 18. The largest absolute Gasteiger partial charge is 0.481 e. The van der Waals surface area contributed by atoms with Gasteiger partial charge < -0.3 is 29.9 Å². The number of aromatic nitrogens is 1. The van der Waals surface area contributed by atoms with Crippen LogP contribution in [-0.2, 0) is 41.2 Å². The number of halogens is 3. The minimum atomic E-state index is -4.51. The lowest BCUT2D eigenvalue weighted by Crippen LogP contribution is -2.61. The Hall–Kier alpha value is -3.64. The monoisotopic (exact) mass is 797 g/mol. The van der Waals surface area contributed by atoms with E-state index in [4.69, 9.17) is 9.47 Å². The molecule has 3 heterocycles. The highest BCUT2D eigenvalue weighted by atomic mass is 32.1. The lowest BCUT2D eigenvalue weighted by molar-refractivity contribution is -0.151. The van der Waals surface area contributed by atoms with Crippen molar-refractivity contribution in [3.63, 3.8) is 0 Å². The summed E-state index contributed by atoms with van der Waals surface area (Å²) in [6.45, 7) is 8.11. The van der Waals surface area contributed by atoms with Gasteiger partial charge in [0.15, 0.2) is 6.10 Å². The summed E-state index contributed by atoms with van der Waals surface area (Å²) in [6.07, 6.45) is -3.81. The van der Waals surface area contributed by atoms with Gasteiger partial charge >= 0.3 is 18.1 Å². The van der Waals surface area contributed by atoms with Gasteiger partial charge in [-0.25, -0.2) is 4.98 Å². The lowest BCUT2D eigenvalue weighted by Gasteiger charge is -2.40. The van der Waals surface area contributed by atoms with Gasteiger partial charge in [-0.3, -0.25) is 29.4 Å². The summed E-state index contributed by atoms with van der Waals surface area (Å²) < 4.78 is 50.5. The molecule has 0 saturated carbocycles. The van der Waals surface area contributed by atoms with E-state index in [1.54, 1.807) is 17.3 Å². The molecule has 17 heteroatoms. The van der Waals surface area contributed by atoms with Gasteiger partial charge in [0.1, 0.15) is 17.3 Å². The Kier molecular flexibility index (Phi) is 15.6. The minimum Gasteiger partial charge on any atom is -0.481 e. The zero-order chi connectivity index (χ0) is 40.6. The van der Waals surface area contributed by atoms with Gasteiger partial charge in [0.25, 0.3) is 0 Å². The predicted octanol–water partition coefficient (Wildman–Crippen LogP) is 4.56. The second-order valence-corrected chi connectivity index (χ2v) is 16.0. The molecule has 0 radical (unpaired) electrons. The van der Waals surface area contributed by atoms with Crippen LogP contribution in [0.4, 0.5) is 13.2 Å². The third-order valence-electron chi connectivity index (χ3n) is 10.5. The Morgan fingerprint density at radius 2 is 1.78 bits per heavy atom. The molecule has 1 aromatic carbocycles. The van der Waals surface area contributed by atoms with Crippen LogP contribution >= 0.6 is 11.3 Å². The summed E-state index contributed by atoms with van der Waals surface area (Å²) in [4.78, 5) is 59.8. The van der Waals surface area contributed by atoms with Crippen LogP contribution in [0.3, 0.4) is 0 Å². The number of aliphatic carboxylic acids is 1. The number of alkyl halides is 3. The molecule has 2 aromatic rings. The van der Waals surface area contributed by atoms with E-state index in [0.29, 0.717) is 30.2 Å². The predicted molar refractivity (Wildman–Crippen MR) is 198 cm³/mol. The number of thiazole rings is 1. The van der Waals surface area contributed by atoms with Crippen molar-refractivity contribution in [3.8, 4) is 0 Å². The van der Waals surface area contributed by atoms with Crippen LogP contribution < -0.4 is 10.6 Å². The number of esters is 1. The maximum absolute atomic E-state index is 14.2. The van der Waals surface area contributed by atoms with E-state index in [2.05, 4.69) is 15.6 Å². The van der Waals surface area contributed by atoms with E-state index in [1.807, 2.05) is 25.8 Å². The van der Waals surface area contributed by atoms with Gasteiger partial charge in [-0.2, -0.15) is 13.2 Å². The van der Waals surface area contributed by atoms with Crippen LogP contribution in [0.5, 0.6) is 0 Å². The van der Waals surface area contributed by atoms with Crippen LogP contribution in [0, 0.1) is 17.8 Å². The highest BCUT2D eigenvalue weighted by Crippen LogP contribution is 2.33. The number of likely N-dealkylation sites (tertiary alicyclic amines) is 1. The van der Waals surface area contributed by atoms with Gasteiger partial charge in [0.05, 0.1) is 36.4 Å². The van der Waals surface area contributed by atoms with E-state index in [0.717, 1.165) is 42.9 Å². The van der Waals surface area contributed by atoms with Crippen LogP contribution in [0.1, 0.15) is 94.0 Å². The topological polar surface area (TPSA) is 171 Å². The third kappa shape index (κ3) is 12.2. The molecular formula is C38H54F3N5O8S. The molecule has 2 aliphatic heterocycles.